The molecular weight excluding hydrogens is 464 g/mol. The van der Waals surface area contributed by atoms with Crippen LogP contribution in [0.4, 0.5) is 0 Å². The Morgan fingerprint density at radius 1 is 0.833 bits per heavy atom. The van der Waals surface area contributed by atoms with Crippen LogP contribution in [0, 0.1) is 0 Å². The third kappa shape index (κ3) is 4.95. The Morgan fingerprint density at radius 3 is 2.06 bits per heavy atom. The fraction of sp³-hybridized carbons (Fsp3) is 0.111. The number of rotatable bonds is 8. The second-order valence-corrected chi connectivity index (χ2v) is 7.63. The fourth-order valence-corrected chi connectivity index (χ4v) is 3.59. The average Bonchev–Trinajstić information content (AvgIpc) is 3.16. The van der Waals surface area contributed by atoms with Gasteiger partial charge < -0.3 is 19.5 Å². The Balaban J connectivity index is 1.56. The first-order valence-corrected chi connectivity index (χ1v) is 10.9. The molecule has 3 aromatic carbocycles. The van der Waals surface area contributed by atoms with Crippen LogP contribution in [0.25, 0.3) is 6.08 Å². The van der Waals surface area contributed by atoms with Gasteiger partial charge in [-0.05, 0) is 48.0 Å². The molecule has 36 heavy (non-hydrogen) atoms. The first kappa shape index (κ1) is 24.2. The topological polar surface area (TPSA) is 111 Å². The summed E-state index contributed by atoms with van der Waals surface area (Å²) in [5, 5.41) is 2.55. The number of fused-ring (bicyclic) bond motifs is 1. The van der Waals surface area contributed by atoms with E-state index in [0.717, 1.165) is 4.90 Å². The van der Waals surface area contributed by atoms with E-state index >= 15 is 0 Å². The molecule has 0 unspecified atom stereocenters. The fourth-order valence-electron chi connectivity index (χ4n) is 3.59. The summed E-state index contributed by atoms with van der Waals surface area (Å²) in [5.74, 6) is -1.75. The third-order valence-electron chi connectivity index (χ3n) is 5.45. The molecule has 4 rings (SSSR count). The lowest BCUT2D eigenvalue weighted by Gasteiger charge is -2.16. The van der Waals surface area contributed by atoms with Gasteiger partial charge in [-0.1, -0.05) is 36.4 Å². The lowest BCUT2D eigenvalue weighted by Crippen LogP contribution is -2.35. The van der Waals surface area contributed by atoms with Crippen molar-refractivity contribution in [1.29, 1.82) is 0 Å². The van der Waals surface area contributed by atoms with E-state index in [2.05, 4.69) is 5.32 Å². The van der Waals surface area contributed by atoms with Crippen molar-refractivity contribution in [2.45, 2.75) is 0 Å². The molecule has 0 aliphatic carbocycles. The highest BCUT2D eigenvalue weighted by Crippen LogP contribution is 2.23. The molecule has 0 radical (unpaired) electrons. The van der Waals surface area contributed by atoms with Crippen molar-refractivity contribution in [2.75, 3.05) is 21.0 Å². The smallest absolute Gasteiger partial charge is 0.356 e. The van der Waals surface area contributed by atoms with Crippen LogP contribution in [0.3, 0.4) is 0 Å². The number of carbonyl (C=O) groups excluding carboxylic acids is 4. The van der Waals surface area contributed by atoms with E-state index in [1.54, 1.807) is 60.7 Å². The zero-order valence-electron chi connectivity index (χ0n) is 19.5. The second kappa shape index (κ2) is 10.6. The summed E-state index contributed by atoms with van der Waals surface area (Å²) in [7, 11) is 2.96. The SMILES string of the molecule is COc1ccc(/C=C(\NC(=O)c2ccccc2OC)C(=O)OCN2C(=O)c3ccccc3C2=O)cc1. The number of hydrogen-bond acceptors (Lipinski definition) is 7. The molecule has 0 spiro atoms. The van der Waals surface area contributed by atoms with E-state index < -0.39 is 30.4 Å². The first-order chi connectivity index (χ1) is 17.4. The Labute approximate surface area is 206 Å². The number of amides is 3. The molecule has 0 saturated carbocycles. The van der Waals surface area contributed by atoms with E-state index in [1.807, 2.05) is 0 Å². The predicted molar refractivity (Wildman–Crippen MR) is 129 cm³/mol. The Morgan fingerprint density at radius 2 is 1.44 bits per heavy atom. The van der Waals surface area contributed by atoms with Gasteiger partial charge in [0.1, 0.15) is 17.2 Å². The molecule has 1 heterocycles. The monoisotopic (exact) mass is 486 g/mol. The summed E-state index contributed by atoms with van der Waals surface area (Å²) in [5.41, 5.74) is 1.04. The standard InChI is InChI=1S/C27H22N2O7/c1-34-18-13-11-17(12-14-18)15-22(28-24(30)21-9-5-6-10-23(21)35-2)27(33)36-16-29-25(31)19-7-3-4-8-20(19)26(29)32/h3-15H,16H2,1-2H3,(H,28,30)/b22-15-. The van der Waals surface area contributed by atoms with E-state index in [0.29, 0.717) is 17.1 Å². The Bertz CT molecular complexity index is 1330. The number of methoxy groups -OCH3 is 2. The second-order valence-electron chi connectivity index (χ2n) is 7.63. The highest BCUT2D eigenvalue weighted by Gasteiger charge is 2.36. The molecule has 3 amide bonds. The maximum absolute atomic E-state index is 13.0. The first-order valence-electron chi connectivity index (χ1n) is 10.9. The van der Waals surface area contributed by atoms with Gasteiger partial charge >= 0.3 is 5.97 Å². The van der Waals surface area contributed by atoms with Crippen LogP contribution in [-0.4, -0.2) is 49.5 Å². The summed E-state index contributed by atoms with van der Waals surface area (Å²) in [6.45, 7) is -0.615. The molecule has 0 aromatic heterocycles. The molecule has 9 nitrogen and oxygen atoms in total. The Hall–Kier alpha value is -4.92. The van der Waals surface area contributed by atoms with Gasteiger partial charge in [-0.15, -0.1) is 0 Å². The van der Waals surface area contributed by atoms with Gasteiger partial charge in [0.15, 0.2) is 6.73 Å². The van der Waals surface area contributed by atoms with Crippen LogP contribution in [0.15, 0.2) is 78.5 Å². The number of nitrogens with zero attached hydrogens (tertiary/aromatic N) is 1. The summed E-state index contributed by atoms with van der Waals surface area (Å²) in [4.78, 5) is 52.0. The molecule has 0 atom stereocenters. The van der Waals surface area contributed by atoms with Crippen molar-refractivity contribution in [3.8, 4) is 11.5 Å². The van der Waals surface area contributed by atoms with Crippen molar-refractivity contribution < 1.29 is 33.4 Å². The molecule has 1 aliphatic heterocycles. The number of para-hydroxylation sites is 1. The van der Waals surface area contributed by atoms with Crippen LogP contribution in [0.1, 0.15) is 36.6 Å². The minimum absolute atomic E-state index is 0.201. The third-order valence-corrected chi connectivity index (χ3v) is 5.45. The summed E-state index contributed by atoms with van der Waals surface area (Å²) in [6, 6.07) is 19.6. The van der Waals surface area contributed by atoms with E-state index in [4.69, 9.17) is 14.2 Å². The minimum Gasteiger partial charge on any atom is -0.497 e. The number of esters is 1. The molecule has 1 N–H and O–H groups in total. The zero-order chi connectivity index (χ0) is 25.7. The highest BCUT2D eigenvalue weighted by atomic mass is 16.5. The molecular formula is C27H22N2O7. The van der Waals surface area contributed by atoms with E-state index in [1.165, 1.54) is 32.4 Å². The number of carbonyl (C=O) groups is 4. The maximum Gasteiger partial charge on any atom is 0.356 e. The number of ether oxygens (including phenoxy) is 3. The predicted octanol–water partition coefficient (Wildman–Crippen LogP) is 3.27. The zero-order valence-corrected chi connectivity index (χ0v) is 19.5. The van der Waals surface area contributed by atoms with Crippen molar-refractivity contribution in [1.82, 2.24) is 10.2 Å². The van der Waals surface area contributed by atoms with Gasteiger partial charge in [0.2, 0.25) is 0 Å². The van der Waals surface area contributed by atoms with Gasteiger partial charge in [-0.25, -0.2) is 9.69 Å². The molecule has 182 valence electrons. The summed E-state index contributed by atoms with van der Waals surface area (Å²) in [6.07, 6.45) is 1.41. The van der Waals surface area contributed by atoms with Gasteiger partial charge in [-0.3, -0.25) is 14.4 Å². The van der Waals surface area contributed by atoms with Crippen molar-refractivity contribution >= 4 is 29.8 Å². The maximum atomic E-state index is 13.0. The van der Waals surface area contributed by atoms with Gasteiger partial charge in [0.05, 0.1) is 30.9 Å². The van der Waals surface area contributed by atoms with Crippen molar-refractivity contribution in [3.05, 3.63) is 101 Å². The van der Waals surface area contributed by atoms with Crippen LogP contribution >= 0.6 is 0 Å². The number of benzene rings is 3. The molecule has 1 aliphatic rings. The lowest BCUT2D eigenvalue weighted by molar-refractivity contribution is -0.141. The molecule has 9 heteroatoms. The van der Waals surface area contributed by atoms with Gasteiger partial charge in [0, 0.05) is 0 Å². The van der Waals surface area contributed by atoms with Gasteiger partial charge in [-0.2, -0.15) is 0 Å². The Kier molecular flexibility index (Phi) is 7.10. The van der Waals surface area contributed by atoms with Crippen molar-refractivity contribution in [2.24, 2.45) is 0 Å². The number of imide groups is 1. The normalized spacial score (nSPS) is 12.7. The van der Waals surface area contributed by atoms with Crippen LogP contribution in [0.5, 0.6) is 11.5 Å². The summed E-state index contributed by atoms with van der Waals surface area (Å²) < 4.78 is 15.7. The van der Waals surface area contributed by atoms with Crippen LogP contribution < -0.4 is 14.8 Å². The van der Waals surface area contributed by atoms with E-state index in [9.17, 15) is 19.2 Å². The van der Waals surface area contributed by atoms with Crippen molar-refractivity contribution in [3.63, 3.8) is 0 Å². The van der Waals surface area contributed by atoms with Crippen LogP contribution in [-0.2, 0) is 9.53 Å². The molecule has 0 bridgehead atoms. The largest absolute Gasteiger partial charge is 0.497 e. The van der Waals surface area contributed by atoms with Crippen LogP contribution in [0.2, 0.25) is 0 Å². The minimum atomic E-state index is -0.939. The molecule has 0 fully saturated rings. The van der Waals surface area contributed by atoms with E-state index in [-0.39, 0.29) is 22.4 Å². The van der Waals surface area contributed by atoms with Gasteiger partial charge in [0.25, 0.3) is 17.7 Å². The number of nitrogens with one attached hydrogen (secondary N) is 1. The number of hydrogen-bond donors (Lipinski definition) is 1. The lowest BCUT2D eigenvalue weighted by atomic mass is 10.1. The summed E-state index contributed by atoms with van der Waals surface area (Å²) >= 11 is 0. The molecule has 3 aromatic rings. The quantitative estimate of drug-likeness (QED) is 0.296. The highest BCUT2D eigenvalue weighted by molar-refractivity contribution is 6.21. The molecule has 0 saturated heterocycles. The average molecular weight is 486 g/mol.